The van der Waals surface area contributed by atoms with Crippen molar-refractivity contribution in [1.29, 1.82) is 0 Å². The zero-order valence-corrected chi connectivity index (χ0v) is 14.4. The van der Waals surface area contributed by atoms with E-state index in [4.69, 9.17) is 0 Å². The van der Waals surface area contributed by atoms with Crippen LogP contribution in [0.5, 0.6) is 0 Å². The Labute approximate surface area is 133 Å². The summed E-state index contributed by atoms with van der Waals surface area (Å²) in [5.74, 6) is -0.328. The van der Waals surface area contributed by atoms with Crippen molar-refractivity contribution in [2.75, 3.05) is 17.1 Å². The minimum absolute atomic E-state index is 0.305. The Hall–Kier alpha value is -1.82. The Bertz CT molecular complexity index is 653. The molecule has 0 aliphatic carbocycles. The highest BCUT2D eigenvalue weighted by Gasteiger charge is 2.31. The number of benzene rings is 1. The van der Waals surface area contributed by atoms with E-state index in [9.17, 15) is 13.2 Å². The number of amides is 1. The van der Waals surface area contributed by atoms with Gasteiger partial charge in [0.25, 0.3) is 0 Å². The predicted octanol–water partition coefficient (Wildman–Crippen LogP) is 2.15. The molecule has 5 nitrogen and oxygen atoms in total. The number of anilines is 1. The van der Waals surface area contributed by atoms with Crippen LogP contribution in [0, 0.1) is 13.8 Å². The van der Waals surface area contributed by atoms with Gasteiger partial charge in [-0.2, -0.15) is 0 Å². The first-order valence-corrected chi connectivity index (χ1v) is 9.02. The molecule has 0 aliphatic heterocycles. The second-order valence-corrected chi connectivity index (χ2v) is 7.14. The summed E-state index contributed by atoms with van der Waals surface area (Å²) in [6.45, 7) is 9.51. The van der Waals surface area contributed by atoms with Gasteiger partial charge >= 0.3 is 0 Å². The van der Waals surface area contributed by atoms with Gasteiger partial charge in [-0.15, -0.1) is 6.58 Å². The van der Waals surface area contributed by atoms with Crippen LogP contribution in [-0.4, -0.2) is 33.2 Å². The van der Waals surface area contributed by atoms with E-state index in [0.29, 0.717) is 18.7 Å². The fourth-order valence-corrected chi connectivity index (χ4v) is 3.42. The average molecular weight is 324 g/mol. The molecule has 1 aromatic rings. The van der Waals surface area contributed by atoms with Crippen LogP contribution >= 0.6 is 0 Å². The number of hydrogen-bond acceptors (Lipinski definition) is 3. The van der Waals surface area contributed by atoms with Crippen LogP contribution in [0.2, 0.25) is 0 Å². The molecule has 0 saturated heterocycles. The predicted molar refractivity (Wildman–Crippen MR) is 90.5 cm³/mol. The normalized spacial score (nSPS) is 12.5. The standard InChI is InChI=1S/C16H24N2O3S/c1-6-10-17-16(19)15(7-2)18(22(5,20)21)14-9-8-12(3)13(4)11-14/h6,8-9,11,15H,1,7,10H2,2-5H3,(H,17,19)/t15-/m1/s1. The lowest BCUT2D eigenvalue weighted by molar-refractivity contribution is -0.122. The summed E-state index contributed by atoms with van der Waals surface area (Å²) in [4.78, 5) is 12.3. The summed E-state index contributed by atoms with van der Waals surface area (Å²) in [6.07, 6.45) is 3.06. The Morgan fingerprint density at radius 2 is 2.00 bits per heavy atom. The topological polar surface area (TPSA) is 66.5 Å². The number of aryl methyl sites for hydroxylation is 2. The first-order chi connectivity index (χ1) is 10.2. The van der Waals surface area contributed by atoms with Crippen LogP contribution in [0.1, 0.15) is 24.5 Å². The zero-order valence-electron chi connectivity index (χ0n) is 13.6. The van der Waals surface area contributed by atoms with Crippen LogP contribution < -0.4 is 9.62 Å². The summed E-state index contributed by atoms with van der Waals surface area (Å²) in [5.41, 5.74) is 2.56. The van der Waals surface area contributed by atoms with E-state index in [0.717, 1.165) is 17.4 Å². The number of sulfonamides is 1. The quantitative estimate of drug-likeness (QED) is 0.782. The van der Waals surface area contributed by atoms with E-state index in [1.54, 1.807) is 25.1 Å². The smallest absolute Gasteiger partial charge is 0.244 e. The van der Waals surface area contributed by atoms with Crippen molar-refractivity contribution in [3.63, 3.8) is 0 Å². The first-order valence-electron chi connectivity index (χ1n) is 7.17. The highest BCUT2D eigenvalue weighted by atomic mass is 32.2. The third-order valence-electron chi connectivity index (χ3n) is 3.50. The largest absolute Gasteiger partial charge is 0.351 e. The molecule has 22 heavy (non-hydrogen) atoms. The maximum Gasteiger partial charge on any atom is 0.244 e. The van der Waals surface area contributed by atoms with Crippen molar-refractivity contribution in [3.8, 4) is 0 Å². The maximum atomic E-state index is 12.3. The molecule has 0 saturated carbocycles. The lowest BCUT2D eigenvalue weighted by Crippen LogP contribution is -2.49. The van der Waals surface area contributed by atoms with Crippen LogP contribution in [-0.2, 0) is 14.8 Å². The molecule has 1 N–H and O–H groups in total. The maximum absolute atomic E-state index is 12.3. The molecular weight excluding hydrogens is 300 g/mol. The van der Waals surface area contributed by atoms with Crippen molar-refractivity contribution in [3.05, 3.63) is 42.0 Å². The molecule has 0 spiro atoms. The van der Waals surface area contributed by atoms with Crippen LogP contribution in [0.25, 0.3) is 0 Å². The number of nitrogens with zero attached hydrogens (tertiary/aromatic N) is 1. The van der Waals surface area contributed by atoms with Gasteiger partial charge < -0.3 is 5.32 Å². The van der Waals surface area contributed by atoms with Crippen LogP contribution in [0.15, 0.2) is 30.9 Å². The molecule has 0 heterocycles. The molecule has 1 aromatic carbocycles. The highest BCUT2D eigenvalue weighted by Crippen LogP contribution is 2.25. The van der Waals surface area contributed by atoms with E-state index < -0.39 is 16.1 Å². The lowest BCUT2D eigenvalue weighted by Gasteiger charge is -2.30. The van der Waals surface area contributed by atoms with Gasteiger partial charge in [0, 0.05) is 6.54 Å². The number of carbonyl (C=O) groups is 1. The third kappa shape index (κ3) is 4.34. The van der Waals surface area contributed by atoms with E-state index in [2.05, 4.69) is 11.9 Å². The Kier molecular flexibility index (Phi) is 6.17. The van der Waals surface area contributed by atoms with Crippen molar-refractivity contribution < 1.29 is 13.2 Å². The van der Waals surface area contributed by atoms with Crippen molar-refractivity contribution >= 4 is 21.6 Å². The monoisotopic (exact) mass is 324 g/mol. The van der Waals surface area contributed by atoms with Gasteiger partial charge in [-0.1, -0.05) is 19.1 Å². The summed E-state index contributed by atoms with van der Waals surface area (Å²) < 4.78 is 25.7. The molecule has 1 amide bonds. The average Bonchev–Trinajstić information content (AvgIpc) is 2.44. The van der Waals surface area contributed by atoms with Crippen molar-refractivity contribution in [2.45, 2.75) is 33.2 Å². The molecule has 1 rings (SSSR count). The molecule has 0 radical (unpaired) electrons. The Balaban J connectivity index is 3.29. The third-order valence-corrected chi connectivity index (χ3v) is 4.68. The first kappa shape index (κ1) is 18.2. The second kappa shape index (κ2) is 7.45. The summed E-state index contributed by atoms with van der Waals surface area (Å²) >= 11 is 0. The van der Waals surface area contributed by atoms with Gasteiger partial charge in [-0.3, -0.25) is 9.10 Å². The molecule has 0 aliphatic rings. The van der Waals surface area contributed by atoms with Crippen LogP contribution in [0.3, 0.4) is 0 Å². The molecular formula is C16H24N2O3S. The van der Waals surface area contributed by atoms with Gasteiger partial charge in [0.15, 0.2) is 0 Å². The van der Waals surface area contributed by atoms with E-state index in [1.165, 1.54) is 4.31 Å². The van der Waals surface area contributed by atoms with Gasteiger partial charge in [0.1, 0.15) is 6.04 Å². The molecule has 0 unspecified atom stereocenters. The van der Waals surface area contributed by atoms with Gasteiger partial charge in [-0.05, 0) is 43.5 Å². The molecule has 122 valence electrons. The second-order valence-electron chi connectivity index (χ2n) is 5.29. The fourth-order valence-electron chi connectivity index (χ4n) is 2.21. The van der Waals surface area contributed by atoms with Crippen molar-refractivity contribution in [1.82, 2.24) is 5.32 Å². The summed E-state index contributed by atoms with van der Waals surface area (Å²) in [7, 11) is -3.58. The van der Waals surface area contributed by atoms with Gasteiger partial charge in [-0.25, -0.2) is 8.42 Å². The van der Waals surface area contributed by atoms with Crippen molar-refractivity contribution in [2.24, 2.45) is 0 Å². The van der Waals surface area contributed by atoms with Gasteiger partial charge in [0.05, 0.1) is 11.9 Å². The highest BCUT2D eigenvalue weighted by molar-refractivity contribution is 7.92. The number of nitrogens with one attached hydrogen (secondary N) is 1. The molecule has 6 heteroatoms. The van der Waals surface area contributed by atoms with Gasteiger partial charge in [0.2, 0.25) is 15.9 Å². The fraction of sp³-hybridized carbons (Fsp3) is 0.438. The van der Waals surface area contributed by atoms with Crippen LogP contribution in [0.4, 0.5) is 5.69 Å². The minimum Gasteiger partial charge on any atom is -0.351 e. The molecule has 1 atom stereocenters. The zero-order chi connectivity index (χ0) is 16.9. The van der Waals surface area contributed by atoms with E-state index >= 15 is 0 Å². The Morgan fingerprint density at radius 1 is 1.36 bits per heavy atom. The molecule has 0 bridgehead atoms. The minimum atomic E-state index is -3.58. The van der Waals surface area contributed by atoms with E-state index in [1.807, 2.05) is 19.9 Å². The number of rotatable bonds is 7. The van der Waals surface area contributed by atoms with E-state index in [-0.39, 0.29) is 5.91 Å². The molecule has 0 fully saturated rings. The Morgan fingerprint density at radius 3 is 2.45 bits per heavy atom. The SMILES string of the molecule is C=CCNC(=O)[C@@H](CC)N(c1ccc(C)c(C)c1)S(C)(=O)=O. The summed E-state index contributed by atoms with van der Waals surface area (Å²) in [6, 6.07) is 4.60. The molecule has 0 aromatic heterocycles. The number of hydrogen-bond donors (Lipinski definition) is 1. The number of carbonyl (C=O) groups excluding carboxylic acids is 1. The summed E-state index contributed by atoms with van der Waals surface area (Å²) in [5, 5.41) is 2.67. The lowest BCUT2D eigenvalue weighted by atomic mass is 10.1.